The lowest BCUT2D eigenvalue weighted by Gasteiger charge is -2.36. The average Bonchev–Trinajstić information content (AvgIpc) is 3.26. The van der Waals surface area contributed by atoms with Gasteiger partial charge in [-0.1, -0.05) is 0 Å². The fraction of sp³-hybridized carbons (Fsp3) is 0.400. The van der Waals surface area contributed by atoms with Crippen molar-refractivity contribution in [1.29, 1.82) is 0 Å². The van der Waals surface area contributed by atoms with Gasteiger partial charge in [-0.05, 0) is 56.9 Å². The van der Waals surface area contributed by atoms with Crippen molar-refractivity contribution in [2.24, 2.45) is 0 Å². The van der Waals surface area contributed by atoms with Crippen molar-refractivity contribution in [3.8, 4) is 17.3 Å². The van der Waals surface area contributed by atoms with Crippen LogP contribution in [0.25, 0.3) is 11.4 Å². The Kier molecular flexibility index (Phi) is 5.63. The summed E-state index contributed by atoms with van der Waals surface area (Å²) in [6.07, 6.45) is 7.48. The van der Waals surface area contributed by atoms with Gasteiger partial charge in [-0.15, -0.1) is 0 Å². The summed E-state index contributed by atoms with van der Waals surface area (Å²) >= 11 is 0. The third-order valence-electron chi connectivity index (χ3n) is 6.94. The molecule has 1 saturated heterocycles. The summed E-state index contributed by atoms with van der Waals surface area (Å²) in [7, 11) is 1.37. The fourth-order valence-corrected chi connectivity index (χ4v) is 4.99. The zero-order valence-corrected chi connectivity index (χ0v) is 19.5. The number of hydrogen-bond donors (Lipinski definition) is 1. The first kappa shape index (κ1) is 22.2. The monoisotopic (exact) mass is 462 g/mol. The zero-order chi connectivity index (χ0) is 23.9. The SMILES string of the molecule is COc1nccc([C@H](C)C(=O)N2CC[C@@]3(CCc4cc(-c5ncccn5)c(C)nc4N3)C2)c1F. The lowest BCUT2D eigenvalue weighted by molar-refractivity contribution is -0.131. The van der Waals surface area contributed by atoms with Crippen molar-refractivity contribution < 1.29 is 13.9 Å². The molecule has 1 amide bonds. The Morgan fingerprint density at radius 3 is 2.79 bits per heavy atom. The summed E-state index contributed by atoms with van der Waals surface area (Å²) in [6.45, 7) is 4.86. The standard InChI is InChI=1S/C25H27FN6O2/c1-15(18-6-11-29-23(34-3)20(18)26)24(33)32-12-8-25(14-32)7-5-17-13-19(16(2)30-21(17)31-25)22-27-9-4-10-28-22/h4,6,9-11,13,15H,5,7-8,12,14H2,1-3H3,(H,30,31)/t15-,25-/m0/s1. The number of carbonyl (C=O) groups excluding carboxylic acids is 1. The summed E-state index contributed by atoms with van der Waals surface area (Å²) in [5.74, 6) is 0.122. The number of amides is 1. The number of aryl methyl sites for hydroxylation is 2. The molecule has 0 radical (unpaired) electrons. The van der Waals surface area contributed by atoms with Gasteiger partial charge in [-0.2, -0.15) is 0 Å². The Hall–Kier alpha value is -3.62. The van der Waals surface area contributed by atoms with Crippen molar-refractivity contribution in [3.63, 3.8) is 0 Å². The quantitative estimate of drug-likeness (QED) is 0.634. The summed E-state index contributed by atoms with van der Waals surface area (Å²) in [6, 6.07) is 5.46. The van der Waals surface area contributed by atoms with Gasteiger partial charge >= 0.3 is 0 Å². The molecule has 8 nitrogen and oxygen atoms in total. The number of fused-ring (bicyclic) bond motifs is 1. The van der Waals surface area contributed by atoms with Crippen molar-refractivity contribution in [1.82, 2.24) is 24.8 Å². The van der Waals surface area contributed by atoms with E-state index in [2.05, 4.69) is 26.3 Å². The third-order valence-corrected chi connectivity index (χ3v) is 6.94. The molecule has 0 bridgehead atoms. The van der Waals surface area contributed by atoms with E-state index in [1.165, 1.54) is 13.3 Å². The molecule has 176 valence electrons. The molecule has 0 aliphatic carbocycles. The van der Waals surface area contributed by atoms with E-state index in [1.54, 1.807) is 31.5 Å². The molecule has 5 rings (SSSR count). The number of nitrogens with one attached hydrogen (secondary N) is 1. The van der Waals surface area contributed by atoms with E-state index in [4.69, 9.17) is 9.72 Å². The Balaban J connectivity index is 1.33. The van der Waals surface area contributed by atoms with Gasteiger partial charge < -0.3 is 15.0 Å². The Morgan fingerprint density at radius 1 is 1.24 bits per heavy atom. The number of ether oxygens (including phenoxy) is 1. The molecule has 0 saturated carbocycles. The fourth-order valence-electron chi connectivity index (χ4n) is 4.99. The number of pyridine rings is 2. The van der Waals surface area contributed by atoms with Gasteiger partial charge in [-0.25, -0.2) is 24.3 Å². The lowest BCUT2D eigenvalue weighted by atomic mass is 9.86. The molecule has 2 aliphatic heterocycles. The molecule has 0 aromatic carbocycles. The number of anilines is 1. The van der Waals surface area contributed by atoms with E-state index >= 15 is 0 Å². The van der Waals surface area contributed by atoms with Crippen molar-refractivity contribution >= 4 is 11.7 Å². The van der Waals surface area contributed by atoms with Gasteiger partial charge in [0.15, 0.2) is 11.6 Å². The van der Waals surface area contributed by atoms with Gasteiger partial charge in [0.1, 0.15) is 5.82 Å². The zero-order valence-electron chi connectivity index (χ0n) is 19.5. The van der Waals surface area contributed by atoms with Crippen LogP contribution in [-0.2, 0) is 11.2 Å². The van der Waals surface area contributed by atoms with Crippen LogP contribution < -0.4 is 10.1 Å². The molecule has 34 heavy (non-hydrogen) atoms. The first-order chi connectivity index (χ1) is 16.4. The van der Waals surface area contributed by atoms with Crippen LogP contribution in [0, 0.1) is 12.7 Å². The molecule has 5 heterocycles. The second kappa shape index (κ2) is 8.62. The largest absolute Gasteiger partial charge is 0.479 e. The average molecular weight is 463 g/mol. The van der Waals surface area contributed by atoms with E-state index < -0.39 is 11.7 Å². The van der Waals surface area contributed by atoms with Gasteiger partial charge in [0.05, 0.1) is 24.3 Å². The predicted octanol–water partition coefficient (Wildman–Crippen LogP) is 3.52. The highest BCUT2D eigenvalue weighted by Gasteiger charge is 2.43. The molecule has 1 spiro atoms. The van der Waals surface area contributed by atoms with Crippen LogP contribution in [0.3, 0.4) is 0 Å². The molecular formula is C25H27FN6O2. The first-order valence-electron chi connectivity index (χ1n) is 11.4. The number of halogens is 1. The van der Waals surface area contributed by atoms with E-state index in [-0.39, 0.29) is 17.3 Å². The number of carbonyl (C=O) groups is 1. The first-order valence-corrected chi connectivity index (χ1v) is 11.4. The van der Waals surface area contributed by atoms with E-state index in [0.29, 0.717) is 24.5 Å². The molecule has 1 fully saturated rings. The molecule has 0 unspecified atom stereocenters. The van der Waals surface area contributed by atoms with Crippen LogP contribution in [0.1, 0.15) is 42.5 Å². The van der Waals surface area contributed by atoms with Crippen molar-refractivity contribution in [3.05, 3.63) is 59.4 Å². The van der Waals surface area contributed by atoms with E-state index in [1.807, 2.05) is 11.8 Å². The number of methoxy groups -OCH3 is 1. The Labute approximate surface area is 197 Å². The topological polar surface area (TPSA) is 93.1 Å². The maximum absolute atomic E-state index is 14.7. The van der Waals surface area contributed by atoms with Crippen molar-refractivity contribution in [2.45, 2.75) is 44.6 Å². The summed E-state index contributed by atoms with van der Waals surface area (Å²) in [5.41, 5.74) is 2.98. The second-order valence-electron chi connectivity index (χ2n) is 9.06. The summed E-state index contributed by atoms with van der Waals surface area (Å²) in [4.78, 5) is 32.5. The molecule has 2 atom stereocenters. The number of nitrogens with zero attached hydrogens (tertiary/aromatic N) is 5. The van der Waals surface area contributed by atoms with Crippen LogP contribution in [0.5, 0.6) is 5.88 Å². The molecule has 3 aromatic rings. The summed E-state index contributed by atoms with van der Waals surface area (Å²) in [5, 5.41) is 3.64. The van der Waals surface area contributed by atoms with Gasteiger partial charge in [0.25, 0.3) is 0 Å². The number of likely N-dealkylation sites (tertiary alicyclic amines) is 1. The smallest absolute Gasteiger partial charge is 0.250 e. The van der Waals surface area contributed by atoms with E-state index in [9.17, 15) is 9.18 Å². The lowest BCUT2D eigenvalue weighted by Crippen LogP contribution is -2.46. The highest BCUT2D eigenvalue weighted by atomic mass is 19.1. The predicted molar refractivity (Wildman–Crippen MR) is 125 cm³/mol. The van der Waals surface area contributed by atoms with Gasteiger partial charge in [0, 0.05) is 42.8 Å². The molecule has 3 aromatic heterocycles. The molecule has 2 aliphatic rings. The summed E-state index contributed by atoms with van der Waals surface area (Å²) < 4.78 is 19.7. The molecular weight excluding hydrogens is 435 g/mol. The van der Waals surface area contributed by atoms with E-state index in [0.717, 1.165) is 41.9 Å². The minimum absolute atomic E-state index is 0.0951. The van der Waals surface area contributed by atoms with Crippen molar-refractivity contribution in [2.75, 3.05) is 25.5 Å². The van der Waals surface area contributed by atoms with Crippen LogP contribution in [0.15, 0.2) is 36.8 Å². The van der Waals surface area contributed by atoms with Crippen LogP contribution >= 0.6 is 0 Å². The number of aromatic nitrogens is 4. The third kappa shape index (κ3) is 3.85. The molecule has 1 N–H and O–H groups in total. The Morgan fingerprint density at radius 2 is 2.03 bits per heavy atom. The minimum Gasteiger partial charge on any atom is -0.479 e. The van der Waals surface area contributed by atoms with Crippen LogP contribution in [-0.4, -0.2) is 56.5 Å². The minimum atomic E-state index is -0.628. The highest BCUT2D eigenvalue weighted by molar-refractivity contribution is 5.84. The number of hydrogen-bond acceptors (Lipinski definition) is 7. The van der Waals surface area contributed by atoms with Crippen LogP contribution in [0.2, 0.25) is 0 Å². The highest BCUT2D eigenvalue weighted by Crippen LogP contribution is 2.39. The maximum Gasteiger partial charge on any atom is 0.250 e. The van der Waals surface area contributed by atoms with Gasteiger partial charge in [0.2, 0.25) is 11.8 Å². The second-order valence-corrected chi connectivity index (χ2v) is 9.06. The molecule has 9 heteroatoms. The maximum atomic E-state index is 14.7. The normalized spacial score (nSPS) is 20.1. The van der Waals surface area contributed by atoms with Gasteiger partial charge in [-0.3, -0.25) is 4.79 Å². The Bertz CT molecular complexity index is 1240. The van der Waals surface area contributed by atoms with Crippen LogP contribution in [0.4, 0.5) is 10.2 Å². The number of rotatable bonds is 4.